The molecule has 0 unspecified atom stereocenters. The summed E-state index contributed by atoms with van der Waals surface area (Å²) < 4.78 is 0. The van der Waals surface area contributed by atoms with Gasteiger partial charge in [-0.15, -0.1) is 12.3 Å². The second-order valence-corrected chi connectivity index (χ2v) is 16.6. The number of carboxylic acids is 5. The van der Waals surface area contributed by atoms with Gasteiger partial charge in [0.05, 0.1) is 67.5 Å². The van der Waals surface area contributed by atoms with Crippen molar-refractivity contribution in [3.05, 3.63) is 52.1 Å². The first-order valence-corrected chi connectivity index (χ1v) is 22.3. The van der Waals surface area contributed by atoms with E-state index in [9.17, 15) is 87.9 Å². The number of nitrogens with zero attached hydrogens (tertiary/aromatic N) is 3. The molecule has 0 fully saturated rings. The Balaban J connectivity index is 1.71. The topological polar surface area (TPSA) is 490 Å². The summed E-state index contributed by atoms with van der Waals surface area (Å²) in [7, 11) is 0. The number of nitrogen functional groups attached to an aromatic ring is 1. The van der Waals surface area contributed by atoms with E-state index in [0.717, 1.165) is 0 Å². The van der Waals surface area contributed by atoms with Crippen LogP contribution in [0.2, 0.25) is 0 Å². The van der Waals surface area contributed by atoms with Crippen LogP contribution in [0.4, 0.5) is 16.4 Å². The molecule has 0 radical (unpaired) electrons. The van der Waals surface area contributed by atoms with Crippen molar-refractivity contribution in [3.8, 4) is 12.3 Å². The SMILES string of the molecule is C#CC[C@H](CC(=O)[C@H](CC(=O)O)NC(=O)[C@H](CC(=O)O)CC(=O)[C@H](CCCNC(N)=O)NC(=O)[C@H](CC(=O)O)CC(=O)CC[C@H](NC(=O)c1ccc(NCc2cnc3nc(N)[nH]c(=O)c3n2)cc1)C(=O)O)C(=O)O. The Morgan fingerprint density at radius 3 is 1.84 bits per heavy atom. The molecule has 0 bridgehead atoms. The molecule has 2 aromatic heterocycles. The average molecular weight is 1040 g/mol. The van der Waals surface area contributed by atoms with Gasteiger partial charge in [-0.2, -0.15) is 4.98 Å². The molecule has 5 amide bonds. The third-order valence-electron chi connectivity index (χ3n) is 10.8. The zero-order valence-electron chi connectivity index (χ0n) is 39.2. The second-order valence-electron chi connectivity index (χ2n) is 16.6. The van der Waals surface area contributed by atoms with Crippen LogP contribution >= 0.6 is 0 Å². The lowest BCUT2D eigenvalue weighted by molar-refractivity contribution is -0.146. The predicted molar refractivity (Wildman–Crippen MR) is 252 cm³/mol. The van der Waals surface area contributed by atoms with Gasteiger partial charge < -0.3 is 63.6 Å². The summed E-state index contributed by atoms with van der Waals surface area (Å²) in [6, 6.07) is -0.500. The minimum atomic E-state index is -1.90. The van der Waals surface area contributed by atoms with Gasteiger partial charge in [-0.3, -0.25) is 57.7 Å². The van der Waals surface area contributed by atoms with Crippen LogP contribution in [0.25, 0.3) is 11.2 Å². The number of aromatic nitrogens is 4. The number of fused-ring (bicyclic) bond motifs is 1. The highest BCUT2D eigenvalue weighted by atomic mass is 16.4. The minimum Gasteiger partial charge on any atom is -0.481 e. The number of Topliss-reactive ketones (excluding diaryl/α,β-unsaturated/α-hetero) is 3. The number of benzene rings is 1. The third-order valence-corrected chi connectivity index (χ3v) is 10.8. The number of terminal acetylenes is 1. The number of carbonyl (C=O) groups is 12. The number of aliphatic carboxylic acids is 5. The number of carboxylic acid groups (broad SMARTS) is 5. The molecule has 3 aromatic rings. The lowest BCUT2D eigenvalue weighted by Crippen LogP contribution is -2.48. The Kier molecular flexibility index (Phi) is 22.7. The largest absolute Gasteiger partial charge is 0.481 e. The summed E-state index contributed by atoms with van der Waals surface area (Å²) >= 11 is 0. The molecule has 1 aromatic carbocycles. The highest BCUT2D eigenvalue weighted by Crippen LogP contribution is 2.20. The van der Waals surface area contributed by atoms with Gasteiger partial charge >= 0.3 is 35.9 Å². The summed E-state index contributed by atoms with van der Waals surface area (Å²) in [5, 5.41) is 59.8. The molecule has 0 aliphatic rings. The highest BCUT2D eigenvalue weighted by Gasteiger charge is 2.35. The number of carbonyl (C=O) groups excluding carboxylic acids is 7. The molecule has 2 heterocycles. The molecule has 29 heteroatoms. The maximum absolute atomic E-state index is 13.8. The molecule has 0 saturated carbocycles. The van der Waals surface area contributed by atoms with Crippen molar-refractivity contribution in [1.29, 1.82) is 0 Å². The van der Waals surface area contributed by atoms with Crippen molar-refractivity contribution in [2.24, 2.45) is 23.5 Å². The van der Waals surface area contributed by atoms with Crippen molar-refractivity contribution < 1.29 is 83.1 Å². The Labute approximate surface area is 418 Å². The molecular formula is C45H53N11O18. The number of hydrogen-bond donors (Lipinski definition) is 13. The van der Waals surface area contributed by atoms with E-state index in [0.29, 0.717) is 11.4 Å². The number of urea groups is 1. The molecule has 15 N–H and O–H groups in total. The number of amides is 5. The van der Waals surface area contributed by atoms with Crippen LogP contribution in [0.15, 0.2) is 35.3 Å². The normalized spacial score (nSPS) is 13.2. The number of anilines is 2. The van der Waals surface area contributed by atoms with Crippen molar-refractivity contribution in [2.45, 2.75) is 95.3 Å². The van der Waals surface area contributed by atoms with Crippen LogP contribution in [0, 0.1) is 30.1 Å². The average Bonchev–Trinajstić information content (AvgIpc) is 3.31. The molecule has 0 aliphatic heterocycles. The fourth-order valence-electron chi connectivity index (χ4n) is 7.10. The Bertz CT molecular complexity index is 2740. The van der Waals surface area contributed by atoms with E-state index in [2.05, 4.69) is 52.4 Å². The molecule has 29 nitrogen and oxygen atoms in total. The fraction of sp³-hybridized carbons (Fsp3) is 0.422. The number of H-pyrrole nitrogens is 1. The van der Waals surface area contributed by atoms with Crippen molar-refractivity contribution in [3.63, 3.8) is 0 Å². The van der Waals surface area contributed by atoms with Crippen molar-refractivity contribution in [2.75, 3.05) is 17.6 Å². The minimum absolute atomic E-state index is 0.0107. The smallest absolute Gasteiger partial charge is 0.326 e. The highest BCUT2D eigenvalue weighted by molar-refractivity contribution is 5.99. The van der Waals surface area contributed by atoms with Crippen LogP contribution in [0.3, 0.4) is 0 Å². The first-order valence-electron chi connectivity index (χ1n) is 22.3. The molecule has 396 valence electrons. The van der Waals surface area contributed by atoms with Gasteiger partial charge in [0, 0.05) is 49.9 Å². The van der Waals surface area contributed by atoms with Gasteiger partial charge in [0.25, 0.3) is 11.5 Å². The maximum Gasteiger partial charge on any atom is 0.326 e. The summed E-state index contributed by atoms with van der Waals surface area (Å²) in [5.41, 5.74) is 10.9. The van der Waals surface area contributed by atoms with Crippen LogP contribution in [0.5, 0.6) is 0 Å². The number of rotatable bonds is 33. The summed E-state index contributed by atoms with van der Waals surface area (Å²) in [4.78, 5) is 177. The van der Waals surface area contributed by atoms with E-state index in [-0.39, 0.29) is 48.6 Å². The quantitative estimate of drug-likeness (QED) is 0.0245. The van der Waals surface area contributed by atoms with Crippen molar-refractivity contribution >= 4 is 93.7 Å². The van der Waals surface area contributed by atoms with Crippen molar-refractivity contribution in [1.82, 2.24) is 41.2 Å². The standard InChI is InChI=1S/C45H53N11O18/c1-2-4-22(42(70)71)14-32(59)30(18-35(64)65)54-40(68)24(17-34(62)63)15-31(58)28(5-3-12-48-45(47)74)52-39(67)23(16-33(60)61)13-27(57)10-11-29(43(72)73)53-38(66)21-6-8-25(9-7-21)49-19-26-20-50-37-36(51-26)41(69)56-44(46)55-37/h1,6-9,20,22-24,28-30,49H,3-5,10-19H2,(H,52,67)(H,53,66)(H,54,68)(H,60,61)(H,62,63)(H,64,65)(H,70,71)(H,72,73)(H3,47,48,74)(H3,46,50,55,56,69)/t22-,23+,24+,28+,29+,30+/m1/s1. The summed E-state index contributed by atoms with van der Waals surface area (Å²) in [5.74, 6) is -17.3. The second kappa shape index (κ2) is 28.5. The monoisotopic (exact) mass is 1040 g/mol. The zero-order valence-corrected chi connectivity index (χ0v) is 39.2. The number of aromatic amines is 1. The summed E-state index contributed by atoms with van der Waals surface area (Å²) in [6.45, 7) is -0.0961. The number of nitrogens with two attached hydrogens (primary N) is 2. The Morgan fingerprint density at radius 2 is 1.27 bits per heavy atom. The van der Waals surface area contributed by atoms with E-state index in [1.54, 1.807) is 0 Å². The first kappa shape index (κ1) is 59.0. The zero-order chi connectivity index (χ0) is 55.2. The lowest BCUT2D eigenvalue weighted by atomic mass is 9.90. The summed E-state index contributed by atoms with van der Waals surface area (Å²) in [6.07, 6.45) is -1.31. The third kappa shape index (κ3) is 19.8. The van der Waals surface area contributed by atoms with E-state index >= 15 is 0 Å². The Morgan fingerprint density at radius 1 is 0.689 bits per heavy atom. The molecular weight excluding hydrogens is 983 g/mol. The van der Waals surface area contributed by atoms with Gasteiger partial charge in [-0.25, -0.2) is 19.6 Å². The van der Waals surface area contributed by atoms with Gasteiger partial charge in [0.15, 0.2) is 22.7 Å². The molecule has 74 heavy (non-hydrogen) atoms. The van der Waals surface area contributed by atoms with Gasteiger partial charge in [0.2, 0.25) is 17.8 Å². The van der Waals surface area contributed by atoms with E-state index < -0.39 is 170 Å². The van der Waals surface area contributed by atoms with Crippen LogP contribution < -0.4 is 43.6 Å². The Hall–Kier alpha value is -9.36. The number of hydrogen-bond acceptors (Lipinski definition) is 18. The van der Waals surface area contributed by atoms with E-state index in [4.69, 9.17) is 17.9 Å². The molecule has 0 saturated heterocycles. The number of ketones is 3. The van der Waals surface area contributed by atoms with Crippen LogP contribution in [-0.2, 0) is 54.5 Å². The molecule has 3 rings (SSSR count). The predicted octanol–water partition coefficient (Wildman–Crippen LogP) is -1.45. The van der Waals surface area contributed by atoms with Crippen LogP contribution in [0.1, 0.15) is 86.7 Å². The van der Waals surface area contributed by atoms with Gasteiger partial charge in [0.1, 0.15) is 11.8 Å². The van der Waals surface area contributed by atoms with Crippen LogP contribution in [-0.4, -0.2) is 141 Å². The number of nitrogens with one attached hydrogen (secondary N) is 6. The van der Waals surface area contributed by atoms with E-state index in [1.807, 2.05) is 0 Å². The fourth-order valence-corrected chi connectivity index (χ4v) is 7.10. The first-order chi connectivity index (χ1) is 34.9. The van der Waals surface area contributed by atoms with Gasteiger partial charge in [-0.05, 0) is 43.5 Å². The molecule has 0 aliphatic carbocycles. The van der Waals surface area contributed by atoms with Gasteiger partial charge in [-0.1, -0.05) is 0 Å². The van der Waals surface area contributed by atoms with E-state index in [1.165, 1.54) is 30.5 Å². The number of primary amides is 1. The molecule has 0 spiro atoms. The molecule has 6 atom stereocenters. The maximum atomic E-state index is 13.8. The lowest BCUT2D eigenvalue weighted by Gasteiger charge is -2.24.